The Labute approximate surface area is 262 Å². The van der Waals surface area contributed by atoms with Gasteiger partial charge in [-0.25, -0.2) is 9.37 Å². The summed E-state index contributed by atoms with van der Waals surface area (Å²) in [6, 6.07) is 6.91. The van der Waals surface area contributed by atoms with Crippen molar-refractivity contribution in [3.05, 3.63) is 64.6 Å². The lowest BCUT2D eigenvalue weighted by Gasteiger charge is -2.37. The molecule has 2 saturated heterocycles. The number of methoxy groups -OCH3 is 1. The molecule has 2 fully saturated rings. The standard InChI is InChI=1S/C29H31ClF2N6O4.CH2O2/c1-36-23(18-13-22(31)25(32)24(14-18)42-2)16-34-26(36)27(39)35-19-3-4-20(21(30)15-19)29(41)38-11-9-37(10-12-38)28(40)17-5-7-33-8-6-17;2-1-3/h3-4,13-17,33H,5-12H2,1-2H3,(H,35,39);1H,(H,2,3). The van der Waals surface area contributed by atoms with Crippen molar-refractivity contribution in [2.24, 2.45) is 13.0 Å². The van der Waals surface area contributed by atoms with Crippen LogP contribution in [-0.2, 0) is 16.6 Å². The summed E-state index contributed by atoms with van der Waals surface area (Å²) in [5.74, 6) is -3.07. The third kappa shape index (κ3) is 7.57. The van der Waals surface area contributed by atoms with Gasteiger partial charge in [-0.2, -0.15) is 4.39 Å². The molecule has 12 nitrogen and oxygen atoms in total. The molecule has 240 valence electrons. The number of piperidine rings is 1. The van der Waals surface area contributed by atoms with Gasteiger partial charge < -0.3 is 34.8 Å². The van der Waals surface area contributed by atoms with E-state index in [0.29, 0.717) is 43.1 Å². The number of halogens is 3. The van der Waals surface area contributed by atoms with Crippen LogP contribution in [0.5, 0.6) is 5.75 Å². The van der Waals surface area contributed by atoms with Crippen molar-refractivity contribution in [1.82, 2.24) is 24.7 Å². The fraction of sp³-hybridized carbons (Fsp3) is 0.367. The first-order chi connectivity index (χ1) is 21.6. The Morgan fingerprint density at radius 1 is 1.09 bits per heavy atom. The normalized spacial score (nSPS) is 15.1. The number of carbonyl (C=O) groups is 4. The lowest BCUT2D eigenvalue weighted by molar-refractivity contribution is -0.137. The van der Waals surface area contributed by atoms with Crippen LogP contribution in [0.3, 0.4) is 0 Å². The van der Waals surface area contributed by atoms with Crippen LogP contribution in [0, 0.1) is 17.6 Å². The average molecular weight is 647 g/mol. The predicted octanol–water partition coefficient (Wildman–Crippen LogP) is 3.26. The highest BCUT2D eigenvalue weighted by atomic mass is 35.5. The summed E-state index contributed by atoms with van der Waals surface area (Å²) < 4.78 is 34.2. The molecule has 3 amide bonds. The highest BCUT2D eigenvalue weighted by molar-refractivity contribution is 6.34. The number of imidazole rings is 1. The second kappa shape index (κ2) is 14.9. The predicted molar refractivity (Wildman–Crippen MR) is 161 cm³/mol. The van der Waals surface area contributed by atoms with E-state index in [9.17, 15) is 23.2 Å². The molecule has 0 bridgehead atoms. The molecule has 0 radical (unpaired) electrons. The third-order valence-electron chi connectivity index (χ3n) is 7.73. The van der Waals surface area contributed by atoms with E-state index in [-0.39, 0.29) is 46.4 Å². The number of anilines is 1. The summed E-state index contributed by atoms with van der Waals surface area (Å²) in [6.07, 6.45) is 3.04. The number of aromatic nitrogens is 2. The molecule has 0 unspecified atom stereocenters. The summed E-state index contributed by atoms with van der Waals surface area (Å²) in [4.78, 5) is 55.0. The summed E-state index contributed by atoms with van der Waals surface area (Å²) in [7, 11) is 2.80. The van der Waals surface area contributed by atoms with Gasteiger partial charge in [-0.05, 0) is 56.3 Å². The highest BCUT2D eigenvalue weighted by Gasteiger charge is 2.30. The zero-order valence-electron chi connectivity index (χ0n) is 24.7. The minimum atomic E-state index is -1.11. The van der Waals surface area contributed by atoms with E-state index in [0.717, 1.165) is 32.0 Å². The topological polar surface area (TPSA) is 146 Å². The molecule has 0 atom stereocenters. The van der Waals surface area contributed by atoms with E-state index >= 15 is 0 Å². The Balaban J connectivity index is 0.00000148. The highest BCUT2D eigenvalue weighted by Crippen LogP contribution is 2.29. The number of carbonyl (C=O) groups excluding carboxylic acids is 3. The van der Waals surface area contributed by atoms with E-state index in [1.807, 2.05) is 4.90 Å². The van der Waals surface area contributed by atoms with E-state index in [2.05, 4.69) is 15.6 Å². The van der Waals surface area contributed by atoms with Gasteiger partial charge in [-0.1, -0.05) is 11.6 Å². The molecule has 1 aromatic heterocycles. The molecule has 2 aliphatic heterocycles. The first-order valence-electron chi connectivity index (χ1n) is 14.1. The molecule has 3 N–H and O–H groups in total. The van der Waals surface area contributed by atoms with Crippen LogP contribution < -0.4 is 15.4 Å². The van der Waals surface area contributed by atoms with Crippen LogP contribution in [0.15, 0.2) is 36.5 Å². The number of hydrogen-bond donors (Lipinski definition) is 3. The number of nitrogens with one attached hydrogen (secondary N) is 2. The van der Waals surface area contributed by atoms with Crippen LogP contribution in [0.25, 0.3) is 11.3 Å². The van der Waals surface area contributed by atoms with Crippen LogP contribution in [0.2, 0.25) is 5.02 Å². The lowest BCUT2D eigenvalue weighted by Crippen LogP contribution is -2.52. The van der Waals surface area contributed by atoms with Crippen molar-refractivity contribution in [2.45, 2.75) is 12.8 Å². The number of carboxylic acid groups (broad SMARTS) is 1. The Morgan fingerprint density at radius 3 is 2.36 bits per heavy atom. The first-order valence-corrected chi connectivity index (χ1v) is 14.5. The van der Waals surface area contributed by atoms with Gasteiger partial charge in [0.15, 0.2) is 17.4 Å². The monoisotopic (exact) mass is 646 g/mol. The maximum atomic E-state index is 14.0. The molecule has 45 heavy (non-hydrogen) atoms. The zero-order valence-corrected chi connectivity index (χ0v) is 25.4. The van der Waals surface area contributed by atoms with Crippen molar-refractivity contribution >= 4 is 41.5 Å². The third-order valence-corrected chi connectivity index (χ3v) is 8.04. The second-order valence-electron chi connectivity index (χ2n) is 10.4. The molecular weight excluding hydrogens is 614 g/mol. The summed E-state index contributed by atoms with van der Waals surface area (Å²) in [6.45, 7) is 3.22. The van der Waals surface area contributed by atoms with Crippen molar-refractivity contribution in [2.75, 3.05) is 51.7 Å². The molecule has 15 heteroatoms. The van der Waals surface area contributed by atoms with Gasteiger partial charge >= 0.3 is 0 Å². The molecule has 2 aromatic carbocycles. The van der Waals surface area contributed by atoms with Crippen LogP contribution in [0.4, 0.5) is 14.5 Å². The van der Waals surface area contributed by atoms with Crippen molar-refractivity contribution in [3.8, 4) is 17.0 Å². The smallest absolute Gasteiger partial charge is 0.291 e. The quantitative estimate of drug-likeness (QED) is 0.346. The summed E-state index contributed by atoms with van der Waals surface area (Å²) in [5.41, 5.74) is 1.29. The number of nitrogens with zero attached hydrogens (tertiary/aromatic N) is 4. The molecule has 0 saturated carbocycles. The number of benzene rings is 2. The number of piperazine rings is 1. The molecule has 0 spiro atoms. The van der Waals surface area contributed by atoms with Crippen molar-refractivity contribution < 1.29 is 37.8 Å². The Bertz CT molecular complexity index is 1570. The summed E-state index contributed by atoms with van der Waals surface area (Å²) in [5, 5.41) is 13.0. The number of amides is 3. The molecule has 2 aliphatic rings. The minimum Gasteiger partial charge on any atom is -0.494 e. The average Bonchev–Trinajstić information content (AvgIpc) is 3.43. The molecule has 0 aliphatic carbocycles. The first kappa shape index (κ1) is 33.3. The lowest BCUT2D eigenvalue weighted by atomic mass is 9.96. The van der Waals surface area contributed by atoms with E-state index in [1.54, 1.807) is 24.1 Å². The fourth-order valence-electron chi connectivity index (χ4n) is 5.33. The zero-order chi connectivity index (χ0) is 32.7. The second-order valence-corrected chi connectivity index (χ2v) is 10.8. The molecule has 3 aromatic rings. The van der Waals surface area contributed by atoms with Crippen molar-refractivity contribution in [3.63, 3.8) is 0 Å². The number of rotatable bonds is 6. The largest absolute Gasteiger partial charge is 0.494 e. The Morgan fingerprint density at radius 2 is 1.73 bits per heavy atom. The molecular formula is C30H33ClF2N6O6. The molecule has 5 rings (SSSR count). The number of ether oxygens (including phenoxy) is 1. The van der Waals surface area contributed by atoms with Gasteiger partial charge in [0.25, 0.3) is 18.3 Å². The SMILES string of the molecule is COc1cc(-c2cnc(C(=O)Nc3ccc(C(=O)N4CCN(C(=O)C5CCNCC5)CC4)c(Cl)c3)n2C)cc(F)c1F.O=CO. The Hall–Kier alpha value is -4.56. The maximum Gasteiger partial charge on any atom is 0.291 e. The van der Waals surface area contributed by atoms with Gasteiger partial charge in [0.1, 0.15) is 0 Å². The van der Waals surface area contributed by atoms with Gasteiger partial charge in [-0.3, -0.25) is 19.2 Å². The van der Waals surface area contributed by atoms with Gasteiger partial charge in [0, 0.05) is 50.4 Å². The van der Waals surface area contributed by atoms with Gasteiger partial charge in [0.05, 0.1) is 29.6 Å². The van der Waals surface area contributed by atoms with Gasteiger partial charge in [-0.15, -0.1) is 0 Å². The summed E-state index contributed by atoms with van der Waals surface area (Å²) >= 11 is 6.46. The Kier molecular flexibility index (Phi) is 11.1. The fourth-order valence-corrected chi connectivity index (χ4v) is 5.59. The van der Waals surface area contributed by atoms with Crippen LogP contribution >= 0.6 is 11.6 Å². The maximum absolute atomic E-state index is 14.0. The van der Waals surface area contributed by atoms with E-state index in [4.69, 9.17) is 26.2 Å². The van der Waals surface area contributed by atoms with Crippen LogP contribution in [-0.4, -0.2) is 95.0 Å². The molecule has 3 heterocycles. The minimum absolute atomic E-state index is 0.0156. The van der Waals surface area contributed by atoms with Gasteiger partial charge in [0.2, 0.25) is 11.7 Å². The van der Waals surface area contributed by atoms with Crippen LogP contribution in [0.1, 0.15) is 33.8 Å². The van der Waals surface area contributed by atoms with E-state index < -0.39 is 17.5 Å². The number of hydrogen-bond acceptors (Lipinski definition) is 7. The van der Waals surface area contributed by atoms with Crippen molar-refractivity contribution in [1.29, 1.82) is 0 Å². The van der Waals surface area contributed by atoms with E-state index in [1.165, 1.54) is 30.0 Å².